The maximum atomic E-state index is 12.6. The monoisotopic (exact) mass is 385 g/mol. The highest BCUT2D eigenvalue weighted by Crippen LogP contribution is 2.29. The van der Waals surface area contributed by atoms with Crippen molar-refractivity contribution in [3.63, 3.8) is 0 Å². The van der Waals surface area contributed by atoms with E-state index in [-0.39, 0.29) is 12.1 Å². The Hall–Kier alpha value is -2.42. The number of benzene rings is 1. The number of nitrogens with one attached hydrogen (secondary N) is 1. The van der Waals surface area contributed by atoms with Gasteiger partial charge >= 0.3 is 6.18 Å². The third-order valence-corrected chi connectivity index (χ3v) is 4.27. The van der Waals surface area contributed by atoms with Crippen LogP contribution in [0.4, 0.5) is 18.3 Å². The molecule has 0 aliphatic carbocycles. The molecule has 9 heteroatoms. The van der Waals surface area contributed by atoms with E-state index in [0.29, 0.717) is 18.1 Å². The predicted octanol–water partition coefficient (Wildman–Crippen LogP) is 3.96. The van der Waals surface area contributed by atoms with E-state index in [4.69, 9.17) is 0 Å². The van der Waals surface area contributed by atoms with Crippen LogP contribution in [-0.4, -0.2) is 34.8 Å². The second kappa shape index (κ2) is 8.31. The average molecular weight is 385 g/mol. The van der Waals surface area contributed by atoms with Crippen LogP contribution in [0.2, 0.25) is 0 Å². The largest absolute Gasteiger partial charge is 0.416 e. The Morgan fingerprint density at radius 3 is 2.38 bits per heavy atom. The highest BCUT2D eigenvalue weighted by atomic mass is 32.1. The maximum Gasteiger partial charge on any atom is 0.416 e. The third kappa shape index (κ3) is 5.29. The fraction of sp³-hybridized carbons (Fsp3) is 0.353. The quantitative estimate of drug-likeness (QED) is 0.819. The minimum Gasteiger partial charge on any atom is -0.329 e. The van der Waals surface area contributed by atoms with E-state index in [9.17, 15) is 22.8 Å². The lowest BCUT2D eigenvalue weighted by Gasteiger charge is -2.21. The molecule has 1 heterocycles. The first-order valence-electron chi connectivity index (χ1n) is 7.89. The first-order valence-corrected chi connectivity index (χ1v) is 8.71. The molecule has 0 fully saturated rings. The Morgan fingerprint density at radius 2 is 1.88 bits per heavy atom. The summed E-state index contributed by atoms with van der Waals surface area (Å²) in [6.45, 7) is 3.80. The van der Waals surface area contributed by atoms with E-state index in [2.05, 4.69) is 10.3 Å². The summed E-state index contributed by atoms with van der Waals surface area (Å²) in [5.74, 6) is -0.904. The summed E-state index contributed by atoms with van der Waals surface area (Å²) in [6, 6.07) is 3.96. The van der Waals surface area contributed by atoms with Gasteiger partial charge in [0.15, 0.2) is 5.13 Å². The molecule has 0 bridgehead atoms. The van der Waals surface area contributed by atoms with Crippen molar-refractivity contribution in [1.82, 2.24) is 9.88 Å². The van der Waals surface area contributed by atoms with Gasteiger partial charge in [0.2, 0.25) is 5.91 Å². The normalized spacial score (nSPS) is 11.3. The number of carbonyl (C=O) groups excluding carboxylic acids is 2. The van der Waals surface area contributed by atoms with Crippen LogP contribution in [0.5, 0.6) is 0 Å². The standard InChI is InChI=1S/C17H18F3N3O2S/c1-3-8-23(10-14(24)22-16-21-9-11(2)26-16)15(25)12-4-6-13(7-5-12)17(18,19)20/h4-7,9H,3,8,10H2,1-2H3,(H,21,22,24). The Labute approximate surface area is 152 Å². The number of anilines is 1. The number of hydrogen-bond donors (Lipinski definition) is 1. The molecule has 0 atom stereocenters. The average Bonchev–Trinajstić information content (AvgIpc) is 2.98. The van der Waals surface area contributed by atoms with Crippen molar-refractivity contribution in [1.29, 1.82) is 0 Å². The molecule has 1 N–H and O–H groups in total. The van der Waals surface area contributed by atoms with Gasteiger partial charge in [-0.1, -0.05) is 6.92 Å². The maximum absolute atomic E-state index is 12.6. The number of rotatable bonds is 6. The summed E-state index contributed by atoms with van der Waals surface area (Å²) in [6.07, 6.45) is -2.23. The van der Waals surface area contributed by atoms with Crippen LogP contribution < -0.4 is 5.32 Å². The van der Waals surface area contributed by atoms with Crippen molar-refractivity contribution in [3.8, 4) is 0 Å². The van der Waals surface area contributed by atoms with E-state index < -0.39 is 23.6 Å². The lowest BCUT2D eigenvalue weighted by molar-refractivity contribution is -0.137. The number of nitrogens with zero attached hydrogens (tertiary/aromatic N) is 2. The van der Waals surface area contributed by atoms with E-state index >= 15 is 0 Å². The lowest BCUT2D eigenvalue weighted by Crippen LogP contribution is -2.38. The Kier molecular flexibility index (Phi) is 6.36. The first-order chi connectivity index (χ1) is 12.2. The van der Waals surface area contributed by atoms with Gasteiger partial charge in [-0.25, -0.2) is 4.98 Å². The van der Waals surface area contributed by atoms with Gasteiger partial charge < -0.3 is 10.2 Å². The molecule has 26 heavy (non-hydrogen) atoms. The van der Waals surface area contributed by atoms with Crippen LogP contribution in [0, 0.1) is 6.92 Å². The summed E-state index contributed by atoms with van der Waals surface area (Å²) in [5, 5.41) is 3.05. The molecule has 0 aliphatic rings. The Morgan fingerprint density at radius 1 is 1.23 bits per heavy atom. The molecule has 2 amide bonds. The molecule has 1 aromatic heterocycles. The number of carbonyl (C=O) groups is 2. The highest BCUT2D eigenvalue weighted by molar-refractivity contribution is 7.15. The van der Waals surface area contributed by atoms with Crippen LogP contribution in [0.15, 0.2) is 30.5 Å². The van der Waals surface area contributed by atoms with Gasteiger partial charge in [-0.3, -0.25) is 9.59 Å². The predicted molar refractivity (Wildman–Crippen MR) is 93.1 cm³/mol. The van der Waals surface area contributed by atoms with Crippen molar-refractivity contribution in [2.45, 2.75) is 26.4 Å². The molecule has 0 saturated heterocycles. The molecule has 0 saturated carbocycles. The number of alkyl halides is 3. The number of aryl methyl sites for hydroxylation is 1. The molecular weight excluding hydrogens is 367 g/mol. The van der Waals surface area contributed by atoms with E-state index in [1.54, 1.807) is 6.20 Å². The highest BCUT2D eigenvalue weighted by Gasteiger charge is 2.30. The Bertz CT molecular complexity index is 772. The van der Waals surface area contributed by atoms with Gasteiger partial charge in [0.05, 0.1) is 5.56 Å². The fourth-order valence-corrected chi connectivity index (χ4v) is 2.93. The van der Waals surface area contributed by atoms with Crippen LogP contribution >= 0.6 is 11.3 Å². The summed E-state index contributed by atoms with van der Waals surface area (Å²) in [5.41, 5.74) is -0.725. The number of hydrogen-bond acceptors (Lipinski definition) is 4. The van der Waals surface area contributed by atoms with Crippen LogP contribution in [0.25, 0.3) is 0 Å². The van der Waals surface area contributed by atoms with Gasteiger partial charge in [-0.15, -0.1) is 11.3 Å². The number of amides is 2. The number of thiazole rings is 1. The zero-order valence-electron chi connectivity index (χ0n) is 14.3. The van der Waals surface area contributed by atoms with Crippen LogP contribution in [0.3, 0.4) is 0 Å². The molecule has 140 valence electrons. The smallest absolute Gasteiger partial charge is 0.329 e. The van der Waals surface area contributed by atoms with E-state index in [1.165, 1.54) is 16.2 Å². The number of halogens is 3. The van der Waals surface area contributed by atoms with Crippen LogP contribution in [0.1, 0.15) is 34.1 Å². The zero-order valence-corrected chi connectivity index (χ0v) is 15.1. The van der Waals surface area contributed by atoms with Gasteiger partial charge in [0.25, 0.3) is 5.91 Å². The first kappa shape index (κ1) is 19.9. The summed E-state index contributed by atoms with van der Waals surface area (Å²) in [4.78, 5) is 30.9. The van der Waals surface area contributed by atoms with Crippen molar-refractivity contribution in [2.24, 2.45) is 0 Å². The summed E-state index contributed by atoms with van der Waals surface area (Å²) < 4.78 is 37.9. The molecule has 0 radical (unpaired) electrons. The van der Waals surface area contributed by atoms with Crippen molar-refractivity contribution >= 4 is 28.3 Å². The lowest BCUT2D eigenvalue weighted by atomic mass is 10.1. The van der Waals surface area contributed by atoms with Crippen molar-refractivity contribution in [3.05, 3.63) is 46.5 Å². The summed E-state index contributed by atoms with van der Waals surface area (Å²) in [7, 11) is 0. The van der Waals surface area contributed by atoms with Gasteiger partial charge in [-0.2, -0.15) is 13.2 Å². The Balaban J connectivity index is 2.07. The van der Waals surface area contributed by atoms with Gasteiger partial charge in [0, 0.05) is 23.2 Å². The number of aromatic nitrogens is 1. The third-order valence-electron chi connectivity index (χ3n) is 3.44. The van der Waals surface area contributed by atoms with Crippen molar-refractivity contribution < 1.29 is 22.8 Å². The van der Waals surface area contributed by atoms with E-state index in [1.807, 2.05) is 13.8 Å². The molecular formula is C17H18F3N3O2S. The zero-order chi connectivity index (χ0) is 19.3. The molecule has 0 spiro atoms. The molecule has 1 aromatic carbocycles. The molecule has 0 aliphatic heterocycles. The molecule has 2 rings (SSSR count). The minimum atomic E-state index is -4.46. The fourth-order valence-electron chi connectivity index (χ4n) is 2.25. The van der Waals surface area contributed by atoms with Gasteiger partial charge in [0.1, 0.15) is 6.54 Å². The van der Waals surface area contributed by atoms with E-state index in [0.717, 1.165) is 29.1 Å². The molecule has 0 unspecified atom stereocenters. The summed E-state index contributed by atoms with van der Waals surface area (Å²) >= 11 is 1.31. The SMILES string of the molecule is CCCN(CC(=O)Nc1ncc(C)s1)C(=O)c1ccc(C(F)(F)F)cc1. The van der Waals surface area contributed by atoms with Crippen molar-refractivity contribution in [2.75, 3.05) is 18.4 Å². The second-order valence-corrected chi connectivity index (χ2v) is 6.86. The van der Waals surface area contributed by atoms with Crippen LogP contribution in [-0.2, 0) is 11.0 Å². The topological polar surface area (TPSA) is 62.3 Å². The molecule has 2 aromatic rings. The molecule has 5 nitrogen and oxygen atoms in total. The van der Waals surface area contributed by atoms with Gasteiger partial charge in [-0.05, 0) is 37.6 Å². The minimum absolute atomic E-state index is 0.101. The second-order valence-electron chi connectivity index (χ2n) is 5.63.